The van der Waals surface area contributed by atoms with Crippen molar-refractivity contribution in [3.63, 3.8) is 0 Å². The molecular weight excluding hydrogens is 178 g/mol. The van der Waals surface area contributed by atoms with Crippen molar-refractivity contribution in [2.75, 3.05) is 13.2 Å². The number of hydrogen-bond donors (Lipinski definition) is 1. The fourth-order valence-electron chi connectivity index (χ4n) is 1.77. The molecule has 2 unspecified atom stereocenters. The molecule has 0 amide bonds. The van der Waals surface area contributed by atoms with Crippen molar-refractivity contribution in [1.29, 1.82) is 0 Å². The summed E-state index contributed by atoms with van der Waals surface area (Å²) in [5.74, 6) is 0.207. The summed E-state index contributed by atoms with van der Waals surface area (Å²) in [5, 5.41) is 9.72. The van der Waals surface area contributed by atoms with Crippen LogP contribution in [0.15, 0.2) is 24.4 Å². The van der Waals surface area contributed by atoms with Gasteiger partial charge in [-0.15, -0.1) is 0 Å². The van der Waals surface area contributed by atoms with Gasteiger partial charge in [0.25, 0.3) is 0 Å². The predicted molar refractivity (Wildman–Crippen MR) is 52.9 cm³/mol. The Morgan fingerprint density at radius 1 is 1.50 bits per heavy atom. The van der Waals surface area contributed by atoms with Crippen LogP contribution in [0.5, 0.6) is 0 Å². The first kappa shape index (κ1) is 9.62. The van der Waals surface area contributed by atoms with Crippen LogP contribution in [0.25, 0.3) is 0 Å². The lowest BCUT2D eigenvalue weighted by Crippen LogP contribution is -2.33. The molecule has 2 heterocycles. The minimum absolute atomic E-state index is 0.207. The van der Waals surface area contributed by atoms with E-state index in [2.05, 4.69) is 4.98 Å². The fraction of sp³-hybridized carbons (Fsp3) is 0.545. The molecule has 3 nitrogen and oxygen atoms in total. The molecule has 0 radical (unpaired) electrons. The maximum absolute atomic E-state index is 9.72. The van der Waals surface area contributed by atoms with Gasteiger partial charge in [-0.2, -0.15) is 0 Å². The number of aromatic nitrogens is 1. The monoisotopic (exact) mass is 193 g/mol. The van der Waals surface area contributed by atoms with E-state index in [1.54, 1.807) is 6.20 Å². The topological polar surface area (TPSA) is 42.4 Å². The van der Waals surface area contributed by atoms with Crippen LogP contribution >= 0.6 is 0 Å². The SMILES string of the molecule is OC1CCOCC1Cc1ccccn1. The van der Waals surface area contributed by atoms with Crippen molar-refractivity contribution in [3.05, 3.63) is 30.1 Å². The van der Waals surface area contributed by atoms with Crippen LogP contribution in [0.3, 0.4) is 0 Å². The van der Waals surface area contributed by atoms with Gasteiger partial charge in [-0.3, -0.25) is 4.98 Å². The van der Waals surface area contributed by atoms with Crippen LogP contribution in [0.1, 0.15) is 12.1 Å². The molecule has 1 saturated heterocycles. The van der Waals surface area contributed by atoms with Gasteiger partial charge in [-0.25, -0.2) is 0 Å². The van der Waals surface area contributed by atoms with Gasteiger partial charge in [0.1, 0.15) is 0 Å². The summed E-state index contributed by atoms with van der Waals surface area (Å²) in [6, 6.07) is 5.86. The van der Waals surface area contributed by atoms with Crippen LogP contribution in [0.2, 0.25) is 0 Å². The van der Waals surface area contributed by atoms with Gasteiger partial charge in [0.15, 0.2) is 0 Å². The third-order valence-corrected chi connectivity index (χ3v) is 2.63. The van der Waals surface area contributed by atoms with Crippen LogP contribution < -0.4 is 0 Å². The van der Waals surface area contributed by atoms with Crippen LogP contribution in [-0.2, 0) is 11.2 Å². The molecule has 1 N–H and O–H groups in total. The Morgan fingerprint density at radius 3 is 3.14 bits per heavy atom. The minimum Gasteiger partial charge on any atom is -0.393 e. The first-order valence-electron chi connectivity index (χ1n) is 5.02. The molecule has 3 heteroatoms. The van der Waals surface area contributed by atoms with E-state index >= 15 is 0 Å². The van der Waals surface area contributed by atoms with Crippen molar-refractivity contribution >= 4 is 0 Å². The van der Waals surface area contributed by atoms with Gasteiger partial charge in [-0.1, -0.05) is 6.07 Å². The van der Waals surface area contributed by atoms with Crippen LogP contribution in [0, 0.1) is 5.92 Å². The van der Waals surface area contributed by atoms with Gasteiger partial charge in [0, 0.05) is 24.4 Å². The molecule has 1 aliphatic rings. The Bertz CT molecular complexity index is 276. The van der Waals surface area contributed by atoms with Gasteiger partial charge in [0.2, 0.25) is 0 Å². The highest BCUT2D eigenvalue weighted by atomic mass is 16.5. The number of aliphatic hydroxyl groups excluding tert-OH is 1. The van der Waals surface area contributed by atoms with E-state index < -0.39 is 0 Å². The van der Waals surface area contributed by atoms with Crippen LogP contribution in [-0.4, -0.2) is 29.4 Å². The molecule has 2 atom stereocenters. The lowest BCUT2D eigenvalue weighted by molar-refractivity contribution is -0.0353. The maximum atomic E-state index is 9.72. The second kappa shape index (κ2) is 4.53. The van der Waals surface area contributed by atoms with E-state index in [4.69, 9.17) is 4.74 Å². The number of nitrogens with zero attached hydrogens (tertiary/aromatic N) is 1. The van der Waals surface area contributed by atoms with E-state index in [1.807, 2.05) is 18.2 Å². The standard InChI is InChI=1S/C11H15NO2/c13-11-4-6-14-8-9(11)7-10-3-1-2-5-12-10/h1-3,5,9,11,13H,4,6-8H2. The van der Waals surface area contributed by atoms with Crippen molar-refractivity contribution in [2.24, 2.45) is 5.92 Å². The number of aliphatic hydroxyl groups is 1. The lowest BCUT2D eigenvalue weighted by Gasteiger charge is -2.27. The number of rotatable bonds is 2. The molecule has 1 aromatic rings. The molecule has 0 aliphatic carbocycles. The summed E-state index contributed by atoms with van der Waals surface area (Å²) in [6.07, 6.45) is 3.11. The normalized spacial score (nSPS) is 27.5. The Hall–Kier alpha value is -0.930. The van der Waals surface area contributed by atoms with Gasteiger partial charge >= 0.3 is 0 Å². The molecule has 0 bridgehead atoms. The second-order valence-electron chi connectivity index (χ2n) is 3.72. The molecule has 0 spiro atoms. The fourth-order valence-corrected chi connectivity index (χ4v) is 1.77. The number of hydrogen-bond acceptors (Lipinski definition) is 3. The molecule has 2 rings (SSSR count). The Morgan fingerprint density at radius 2 is 2.43 bits per heavy atom. The van der Waals surface area contributed by atoms with Crippen molar-refractivity contribution in [3.8, 4) is 0 Å². The molecule has 0 saturated carbocycles. The number of ether oxygens (including phenoxy) is 1. The minimum atomic E-state index is -0.231. The average Bonchev–Trinajstić information content (AvgIpc) is 2.23. The van der Waals surface area contributed by atoms with Crippen molar-refractivity contribution in [2.45, 2.75) is 18.9 Å². The highest BCUT2D eigenvalue weighted by molar-refractivity contribution is 5.05. The highest BCUT2D eigenvalue weighted by Gasteiger charge is 2.23. The summed E-state index contributed by atoms with van der Waals surface area (Å²) in [7, 11) is 0. The summed E-state index contributed by atoms with van der Waals surface area (Å²) in [4.78, 5) is 4.24. The molecule has 1 fully saturated rings. The van der Waals surface area contributed by atoms with E-state index in [1.165, 1.54) is 0 Å². The van der Waals surface area contributed by atoms with Crippen LogP contribution in [0.4, 0.5) is 0 Å². The quantitative estimate of drug-likeness (QED) is 0.762. The molecule has 76 valence electrons. The molecular formula is C11H15NO2. The third kappa shape index (κ3) is 2.30. The van der Waals surface area contributed by atoms with E-state index in [9.17, 15) is 5.11 Å². The van der Waals surface area contributed by atoms with E-state index in [-0.39, 0.29) is 12.0 Å². The second-order valence-corrected chi connectivity index (χ2v) is 3.72. The van der Waals surface area contributed by atoms with Crippen molar-refractivity contribution in [1.82, 2.24) is 4.98 Å². The number of pyridine rings is 1. The maximum Gasteiger partial charge on any atom is 0.0616 e. The summed E-state index contributed by atoms with van der Waals surface area (Å²) >= 11 is 0. The predicted octanol–water partition coefficient (Wildman–Crippen LogP) is 1.02. The van der Waals surface area contributed by atoms with Gasteiger partial charge in [0.05, 0.1) is 12.7 Å². The molecule has 1 aromatic heterocycles. The Kier molecular flexibility index (Phi) is 3.11. The molecule has 1 aliphatic heterocycles. The lowest BCUT2D eigenvalue weighted by atomic mass is 9.94. The summed E-state index contributed by atoms with van der Waals surface area (Å²) < 4.78 is 5.34. The summed E-state index contributed by atoms with van der Waals surface area (Å²) in [5.41, 5.74) is 1.03. The van der Waals surface area contributed by atoms with Gasteiger partial charge in [-0.05, 0) is 25.0 Å². The van der Waals surface area contributed by atoms with E-state index in [0.717, 1.165) is 18.5 Å². The first-order chi connectivity index (χ1) is 6.86. The van der Waals surface area contributed by atoms with Crippen molar-refractivity contribution < 1.29 is 9.84 Å². The third-order valence-electron chi connectivity index (χ3n) is 2.63. The molecule has 0 aromatic carbocycles. The Balaban J connectivity index is 1.96. The smallest absolute Gasteiger partial charge is 0.0616 e. The highest BCUT2D eigenvalue weighted by Crippen LogP contribution is 2.18. The average molecular weight is 193 g/mol. The largest absolute Gasteiger partial charge is 0.393 e. The van der Waals surface area contributed by atoms with E-state index in [0.29, 0.717) is 13.2 Å². The first-order valence-corrected chi connectivity index (χ1v) is 5.02. The molecule has 14 heavy (non-hydrogen) atoms. The van der Waals surface area contributed by atoms with Gasteiger partial charge < -0.3 is 9.84 Å². The Labute approximate surface area is 83.7 Å². The zero-order valence-corrected chi connectivity index (χ0v) is 8.10. The summed E-state index contributed by atoms with van der Waals surface area (Å²) in [6.45, 7) is 1.33. The zero-order chi connectivity index (χ0) is 9.80. The zero-order valence-electron chi connectivity index (χ0n) is 8.10.